The highest BCUT2D eigenvalue weighted by Crippen LogP contribution is 2.32. The van der Waals surface area contributed by atoms with Crippen molar-refractivity contribution in [1.29, 1.82) is 0 Å². The molecule has 0 radical (unpaired) electrons. The summed E-state index contributed by atoms with van der Waals surface area (Å²) in [6.07, 6.45) is 0. The number of fused-ring (bicyclic) bond motifs is 1. The third-order valence-corrected chi connectivity index (χ3v) is 4.07. The molecule has 2 aromatic rings. The van der Waals surface area contributed by atoms with Crippen LogP contribution in [0.2, 0.25) is 0 Å². The van der Waals surface area contributed by atoms with E-state index < -0.39 is 11.7 Å². The van der Waals surface area contributed by atoms with Gasteiger partial charge in [-0.1, -0.05) is 24.3 Å². The summed E-state index contributed by atoms with van der Waals surface area (Å²) in [5.74, 6) is -0.279. The van der Waals surface area contributed by atoms with E-state index in [1.54, 1.807) is 42.5 Å². The van der Waals surface area contributed by atoms with Crippen LogP contribution in [-0.4, -0.2) is 31.7 Å². The van der Waals surface area contributed by atoms with E-state index >= 15 is 0 Å². The molecule has 7 nitrogen and oxygen atoms in total. The summed E-state index contributed by atoms with van der Waals surface area (Å²) in [4.78, 5) is 37.4. The monoisotopic (exact) mass is 366 g/mol. The fraction of sp³-hybridized carbons (Fsp3) is 0.150. The molecule has 1 aliphatic carbocycles. The summed E-state index contributed by atoms with van der Waals surface area (Å²) in [6, 6.07) is 11.5. The van der Waals surface area contributed by atoms with Crippen molar-refractivity contribution in [2.45, 2.75) is 6.92 Å². The third kappa shape index (κ3) is 3.39. The summed E-state index contributed by atoms with van der Waals surface area (Å²) >= 11 is 0. The number of methoxy groups -OCH3 is 2. The molecule has 0 heterocycles. The van der Waals surface area contributed by atoms with Gasteiger partial charge in [-0.25, -0.2) is 0 Å². The largest absolute Gasteiger partial charge is 0.493 e. The van der Waals surface area contributed by atoms with Gasteiger partial charge in [-0.3, -0.25) is 14.4 Å². The maximum absolute atomic E-state index is 13.0. The lowest BCUT2D eigenvalue weighted by molar-refractivity contribution is -0.118. The number of rotatable bonds is 5. The first-order valence-corrected chi connectivity index (χ1v) is 8.15. The molecular formula is C20H18N2O5. The van der Waals surface area contributed by atoms with Crippen molar-refractivity contribution < 1.29 is 23.9 Å². The van der Waals surface area contributed by atoms with E-state index in [0.29, 0.717) is 17.2 Å². The first kappa shape index (κ1) is 18.2. The molecule has 0 aliphatic heterocycles. The molecule has 7 heteroatoms. The minimum absolute atomic E-state index is 0.00104. The standard InChI is InChI=1S/C20H18N2O5/c1-11(23)21-17-18(20(25)14-7-5-4-6-13(14)19(17)24)22-12-8-9-15(26-2)16(10-12)27-3/h4-10,22H,1-3H3,(H,21,23). The Morgan fingerprint density at radius 1 is 0.852 bits per heavy atom. The fourth-order valence-electron chi connectivity index (χ4n) is 2.85. The second-order valence-electron chi connectivity index (χ2n) is 5.83. The Hall–Kier alpha value is -3.61. The van der Waals surface area contributed by atoms with E-state index in [2.05, 4.69) is 10.6 Å². The molecule has 0 aromatic heterocycles. The number of ether oxygens (including phenoxy) is 2. The zero-order chi connectivity index (χ0) is 19.6. The number of benzene rings is 2. The Balaban J connectivity index is 2.08. The molecule has 0 saturated carbocycles. The summed E-state index contributed by atoms with van der Waals surface area (Å²) in [5, 5.41) is 5.42. The molecule has 138 valence electrons. The number of anilines is 1. The van der Waals surface area contributed by atoms with Gasteiger partial charge in [0.25, 0.3) is 0 Å². The van der Waals surface area contributed by atoms with Gasteiger partial charge in [0, 0.05) is 29.8 Å². The Morgan fingerprint density at radius 2 is 1.44 bits per heavy atom. The van der Waals surface area contributed by atoms with E-state index in [0.717, 1.165) is 0 Å². The zero-order valence-electron chi connectivity index (χ0n) is 15.1. The Kier molecular flexibility index (Phi) is 4.94. The van der Waals surface area contributed by atoms with Crippen molar-refractivity contribution in [3.05, 3.63) is 65.0 Å². The lowest BCUT2D eigenvalue weighted by Gasteiger charge is -2.22. The molecule has 0 unspecified atom stereocenters. The molecule has 0 atom stereocenters. The van der Waals surface area contributed by atoms with Crippen LogP contribution in [0.5, 0.6) is 11.5 Å². The lowest BCUT2D eigenvalue weighted by Crippen LogP contribution is -2.35. The van der Waals surface area contributed by atoms with E-state index in [1.807, 2.05) is 0 Å². The Bertz CT molecular complexity index is 978. The number of carbonyl (C=O) groups excluding carboxylic acids is 3. The SMILES string of the molecule is COc1ccc(NC2=C(NC(C)=O)C(=O)c3ccccc3C2=O)cc1OC. The van der Waals surface area contributed by atoms with Crippen LogP contribution in [0.25, 0.3) is 0 Å². The number of allylic oxidation sites excluding steroid dienone is 2. The van der Waals surface area contributed by atoms with Crippen molar-refractivity contribution >= 4 is 23.2 Å². The first-order chi connectivity index (χ1) is 13.0. The predicted molar refractivity (Wildman–Crippen MR) is 99.1 cm³/mol. The second-order valence-corrected chi connectivity index (χ2v) is 5.83. The van der Waals surface area contributed by atoms with Crippen LogP contribution in [0.15, 0.2) is 53.9 Å². The quantitative estimate of drug-likeness (QED) is 0.845. The van der Waals surface area contributed by atoms with Gasteiger partial charge < -0.3 is 20.1 Å². The number of hydrogen-bond donors (Lipinski definition) is 2. The Labute approximate surface area is 156 Å². The molecule has 1 aliphatic rings. The number of Topliss-reactive ketones (excluding diaryl/α,β-unsaturated/α-hetero) is 2. The summed E-state index contributed by atoms with van der Waals surface area (Å²) in [6.45, 7) is 1.28. The lowest BCUT2D eigenvalue weighted by atomic mass is 9.90. The van der Waals surface area contributed by atoms with Crippen molar-refractivity contribution in [2.24, 2.45) is 0 Å². The van der Waals surface area contributed by atoms with Crippen LogP contribution in [0.1, 0.15) is 27.6 Å². The molecule has 0 fully saturated rings. The molecule has 0 bridgehead atoms. The topological polar surface area (TPSA) is 93.7 Å². The van der Waals surface area contributed by atoms with E-state index in [4.69, 9.17) is 9.47 Å². The fourth-order valence-corrected chi connectivity index (χ4v) is 2.85. The molecule has 0 saturated heterocycles. The predicted octanol–water partition coefficient (Wildman–Crippen LogP) is 2.54. The van der Waals surface area contributed by atoms with Gasteiger partial charge in [0.1, 0.15) is 11.4 Å². The number of nitrogens with one attached hydrogen (secondary N) is 2. The summed E-state index contributed by atoms with van der Waals surface area (Å²) < 4.78 is 10.5. The van der Waals surface area contributed by atoms with Crippen LogP contribution < -0.4 is 20.1 Å². The number of amides is 1. The third-order valence-electron chi connectivity index (χ3n) is 4.07. The second kappa shape index (κ2) is 7.33. The molecule has 3 rings (SSSR count). The van der Waals surface area contributed by atoms with Gasteiger partial charge in [0.05, 0.1) is 14.2 Å². The van der Waals surface area contributed by atoms with Crippen LogP contribution in [0.4, 0.5) is 5.69 Å². The highest BCUT2D eigenvalue weighted by atomic mass is 16.5. The van der Waals surface area contributed by atoms with Gasteiger partial charge >= 0.3 is 0 Å². The minimum atomic E-state index is -0.447. The van der Waals surface area contributed by atoms with Crippen molar-refractivity contribution in [3.8, 4) is 11.5 Å². The maximum Gasteiger partial charge on any atom is 0.221 e. The van der Waals surface area contributed by atoms with E-state index in [1.165, 1.54) is 21.1 Å². The number of ketones is 2. The average molecular weight is 366 g/mol. The number of hydrogen-bond acceptors (Lipinski definition) is 6. The highest BCUT2D eigenvalue weighted by Gasteiger charge is 2.33. The molecule has 2 N–H and O–H groups in total. The van der Waals surface area contributed by atoms with Gasteiger partial charge in [0.2, 0.25) is 17.5 Å². The minimum Gasteiger partial charge on any atom is -0.493 e. The first-order valence-electron chi connectivity index (χ1n) is 8.15. The van der Waals surface area contributed by atoms with Gasteiger partial charge in [-0.05, 0) is 12.1 Å². The van der Waals surface area contributed by atoms with Crippen LogP contribution in [0.3, 0.4) is 0 Å². The normalized spacial score (nSPS) is 13.1. The van der Waals surface area contributed by atoms with Crippen molar-refractivity contribution in [1.82, 2.24) is 5.32 Å². The van der Waals surface area contributed by atoms with Crippen molar-refractivity contribution in [3.63, 3.8) is 0 Å². The summed E-state index contributed by atoms with van der Waals surface area (Å²) in [5.41, 5.74) is 0.955. The van der Waals surface area contributed by atoms with Gasteiger partial charge in [-0.15, -0.1) is 0 Å². The Morgan fingerprint density at radius 3 is 2.00 bits per heavy atom. The van der Waals surface area contributed by atoms with Crippen molar-refractivity contribution in [2.75, 3.05) is 19.5 Å². The molecule has 2 aromatic carbocycles. The van der Waals surface area contributed by atoms with Crippen LogP contribution in [0, 0.1) is 0 Å². The molecule has 27 heavy (non-hydrogen) atoms. The molecular weight excluding hydrogens is 348 g/mol. The smallest absolute Gasteiger partial charge is 0.221 e. The molecule has 0 spiro atoms. The highest BCUT2D eigenvalue weighted by molar-refractivity contribution is 6.28. The van der Waals surface area contributed by atoms with E-state index in [-0.39, 0.29) is 28.3 Å². The number of carbonyl (C=O) groups is 3. The van der Waals surface area contributed by atoms with Crippen LogP contribution >= 0.6 is 0 Å². The van der Waals surface area contributed by atoms with Gasteiger partial charge in [-0.2, -0.15) is 0 Å². The maximum atomic E-state index is 13.0. The van der Waals surface area contributed by atoms with Gasteiger partial charge in [0.15, 0.2) is 11.5 Å². The summed E-state index contributed by atoms with van der Waals surface area (Å²) in [7, 11) is 3.01. The zero-order valence-corrected chi connectivity index (χ0v) is 15.1. The van der Waals surface area contributed by atoms with E-state index in [9.17, 15) is 14.4 Å². The van der Waals surface area contributed by atoms with Crippen LogP contribution in [-0.2, 0) is 4.79 Å². The average Bonchev–Trinajstić information content (AvgIpc) is 2.68. The molecule has 1 amide bonds.